The minimum absolute atomic E-state index is 0.0647. The Morgan fingerprint density at radius 1 is 1.09 bits per heavy atom. The zero-order valence-electron chi connectivity index (χ0n) is 13.4. The molecule has 0 spiro atoms. The molecule has 4 heteroatoms. The highest BCUT2D eigenvalue weighted by molar-refractivity contribution is 7.99. The molecule has 3 nitrogen and oxygen atoms in total. The van der Waals surface area contributed by atoms with E-state index in [9.17, 15) is 4.79 Å². The van der Waals surface area contributed by atoms with Crippen LogP contribution in [0.3, 0.4) is 0 Å². The third kappa shape index (κ3) is 6.47. The van der Waals surface area contributed by atoms with Gasteiger partial charge in [-0.3, -0.25) is 4.79 Å². The highest BCUT2D eigenvalue weighted by atomic mass is 32.2. The van der Waals surface area contributed by atoms with Crippen LogP contribution in [0.15, 0.2) is 48.5 Å². The van der Waals surface area contributed by atoms with Gasteiger partial charge < -0.3 is 10.4 Å². The number of aliphatic hydroxyl groups is 1. The topological polar surface area (TPSA) is 49.3 Å². The number of thioether (sulfide) groups is 1. The smallest absolute Gasteiger partial charge is 0.230 e. The first kappa shape index (κ1) is 17.6. The van der Waals surface area contributed by atoms with Crippen LogP contribution in [0, 0.1) is 6.92 Å². The molecular formula is C19H23NO2S. The number of hydrogen-bond donors (Lipinski definition) is 2. The van der Waals surface area contributed by atoms with E-state index in [0.717, 1.165) is 23.3 Å². The van der Waals surface area contributed by atoms with Crippen molar-refractivity contribution in [3.05, 3.63) is 70.8 Å². The lowest BCUT2D eigenvalue weighted by Crippen LogP contribution is -2.27. The molecule has 0 bridgehead atoms. The van der Waals surface area contributed by atoms with Crippen molar-refractivity contribution in [3.8, 4) is 0 Å². The van der Waals surface area contributed by atoms with Gasteiger partial charge in [0, 0.05) is 12.3 Å². The Hall–Kier alpha value is -1.78. The third-order valence-corrected chi connectivity index (χ3v) is 4.53. The number of carbonyl (C=O) groups is 1. The SMILES string of the molecule is Cc1cccc(CSCC(=O)NCCc2ccc(CO)cc2)c1. The number of carbonyl (C=O) groups excluding carboxylic acids is 1. The lowest BCUT2D eigenvalue weighted by atomic mass is 10.1. The zero-order chi connectivity index (χ0) is 16.5. The molecule has 2 aromatic carbocycles. The number of aryl methyl sites for hydroxylation is 1. The van der Waals surface area contributed by atoms with Crippen molar-refractivity contribution >= 4 is 17.7 Å². The number of amides is 1. The van der Waals surface area contributed by atoms with E-state index in [0.29, 0.717) is 12.3 Å². The second-order valence-corrected chi connectivity index (χ2v) is 6.54. The molecular weight excluding hydrogens is 306 g/mol. The molecule has 0 fully saturated rings. The molecule has 0 heterocycles. The molecule has 122 valence electrons. The fourth-order valence-electron chi connectivity index (χ4n) is 2.27. The summed E-state index contributed by atoms with van der Waals surface area (Å²) in [5.41, 5.74) is 4.58. The van der Waals surface area contributed by atoms with Gasteiger partial charge >= 0.3 is 0 Å². The summed E-state index contributed by atoms with van der Waals surface area (Å²) >= 11 is 1.63. The number of hydrogen-bond acceptors (Lipinski definition) is 3. The fourth-order valence-corrected chi connectivity index (χ4v) is 3.08. The lowest BCUT2D eigenvalue weighted by molar-refractivity contribution is -0.118. The predicted molar refractivity (Wildman–Crippen MR) is 96.4 cm³/mol. The van der Waals surface area contributed by atoms with Crippen molar-refractivity contribution in [1.29, 1.82) is 0 Å². The molecule has 0 radical (unpaired) electrons. The van der Waals surface area contributed by atoms with Crippen LogP contribution in [0.25, 0.3) is 0 Å². The highest BCUT2D eigenvalue weighted by Gasteiger charge is 2.02. The Morgan fingerprint density at radius 2 is 1.83 bits per heavy atom. The third-order valence-electron chi connectivity index (χ3n) is 3.53. The van der Waals surface area contributed by atoms with Gasteiger partial charge in [-0.15, -0.1) is 11.8 Å². The summed E-state index contributed by atoms with van der Waals surface area (Å²) in [6.07, 6.45) is 0.806. The summed E-state index contributed by atoms with van der Waals surface area (Å²) in [5, 5.41) is 11.9. The second kappa shape index (κ2) is 9.38. The molecule has 2 aromatic rings. The first-order valence-corrected chi connectivity index (χ1v) is 8.91. The Bertz CT molecular complexity index is 626. The number of rotatable bonds is 8. The lowest BCUT2D eigenvalue weighted by Gasteiger charge is -2.06. The Balaban J connectivity index is 1.63. The number of benzene rings is 2. The van der Waals surface area contributed by atoms with Crippen molar-refractivity contribution in [2.75, 3.05) is 12.3 Å². The van der Waals surface area contributed by atoms with E-state index < -0.39 is 0 Å². The van der Waals surface area contributed by atoms with Crippen molar-refractivity contribution in [1.82, 2.24) is 5.32 Å². The second-order valence-electron chi connectivity index (χ2n) is 5.56. The fraction of sp³-hybridized carbons (Fsp3) is 0.316. The van der Waals surface area contributed by atoms with Gasteiger partial charge in [0.05, 0.1) is 12.4 Å². The van der Waals surface area contributed by atoms with Gasteiger partial charge in [-0.05, 0) is 30.0 Å². The van der Waals surface area contributed by atoms with Crippen LogP contribution in [-0.4, -0.2) is 23.3 Å². The van der Waals surface area contributed by atoms with E-state index in [1.165, 1.54) is 11.1 Å². The van der Waals surface area contributed by atoms with E-state index in [1.807, 2.05) is 30.3 Å². The van der Waals surface area contributed by atoms with Crippen LogP contribution in [-0.2, 0) is 23.6 Å². The van der Waals surface area contributed by atoms with Crippen molar-refractivity contribution < 1.29 is 9.90 Å². The molecule has 0 saturated carbocycles. The first-order valence-electron chi connectivity index (χ1n) is 7.76. The summed E-state index contributed by atoms with van der Waals surface area (Å²) in [7, 11) is 0. The maximum atomic E-state index is 11.8. The largest absolute Gasteiger partial charge is 0.392 e. The highest BCUT2D eigenvalue weighted by Crippen LogP contribution is 2.13. The minimum atomic E-state index is 0.0647. The average Bonchev–Trinajstić information content (AvgIpc) is 2.55. The average molecular weight is 329 g/mol. The van der Waals surface area contributed by atoms with Crippen molar-refractivity contribution in [2.24, 2.45) is 0 Å². The van der Waals surface area contributed by atoms with Crippen LogP contribution in [0.1, 0.15) is 22.3 Å². The molecule has 0 aliphatic carbocycles. The molecule has 0 atom stereocenters. The molecule has 0 aromatic heterocycles. The first-order chi connectivity index (χ1) is 11.2. The molecule has 2 rings (SSSR count). The molecule has 23 heavy (non-hydrogen) atoms. The summed E-state index contributed by atoms with van der Waals surface area (Å²) in [4.78, 5) is 11.8. The van der Waals surface area contributed by atoms with Crippen molar-refractivity contribution in [2.45, 2.75) is 25.7 Å². The van der Waals surface area contributed by atoms with E-state index in [4.69, 9.17) is 5.11 Å². The van der Waals surface area contributed by atoms with E-state index in [-0.39, 0.29) is 12.5 Å². The maximum absolute atomic E-state index is 11.8. The summed E-state index contributed by atoms with van der Waals surface area (Å²) < 4.78 is 0. The normalized spacial score (nSPS) is 10.5. The van der Waals surface area contributed by atoms with Crippen LogP contribution >= 0.6 is 11.8 Å². The molecule has 0 saturated heterocycles. The van der Waals surface area contributed by atoms with Crippen LogP contribution in [0.2, 0.25) is 0 Å². The van der Waals surface area contributed by atoms with Gasteiger partial charge in [0.1, 0.15) is 0 Å². The Morgan fingerprint density at radius 3 is 2.52 bits per heavy atom. The monoisotopic (exact) mass is 329 g/mol. The van der Waals surface area contributed by atoms with Gasteiger partial charge in [0.15, 0.2) is 0 Å². The Labute approximate surface area is 142 Å². The molecule has 2 N–H and O–H groups in total. The van der Waals surface area contributed by atoms with Crippen LogP contribution < -0.4 is 5.32 Å². The van der Waals surface area contributed by atoms with Gasteiger partial charge in [-0.2, -0.15) is 0 Å². The molecule has 0 aliphatic rings. The van der Waals surface area contributed by atoms with Crippen LogP contribution in [0.5, 0.6) is 0 Å². The van der Waals surface area contributed by atoms with E-state index in [2.05, 4.69) is 30.4 Å². The van der Waals surface area contributed by atoms with E-state index in [1.54, 1.807) is 11.8 Å². The predicted octanol–water partition coefficient (Wildman–Crippen LogP) is 3.08. The maximum Gasteiger partial charge on any atom is 0.230 e. The van der Waals surface area contributed by atoms with Crippen LogP contribution in [0.4, 0.5) is 0 Å². The summed E-state index contributed by atoms with van der Waals surface area (Å²) in [6, 6.07) is 16.2. The standard InChI is InChI=1S/C19H23NO2S/c1-15-3-2-4-18(11-15)13-23-14-19(22)20-10-9-16-5-7-17(12-21)8-6-16/h2-8,11,21H,9-10,12-14H2,1H3,(H,20,22). The van der Waals surface area contributed by atoms with Gasteiger partial charge in [0.2, 0.25) is 5.91 Å². The number of nitrogens with one attached hydrogen (secondary N) is 1. The van der Waals surface area contributed by atoms with Gasteiger partial charge in [-0.25, -0.2) is 0 Å². The zero-order valence-corrected chi connectivity index (χ0v) is 14.2. The molecule has 0 unspecified atom stereocenters. The number of aliphatic hydroxyl groups excluding tert-OH is 1. The quantitative estimate of drug-likeness (QED) is 0.782. The van der Waals surface area contributed by atoms with Gasteiger partial charge in [0.25, 0.3) is 0 Å². The van der Waals surface area contributed by atoms with Gasteiger partial charge in [-0.1, -0.05) is 54.1 Å². The summed E-state index contributed by atoms with van der Waals surface area (Å²) in [5.74, 6) is 1.42. The van der Waals surface area contributed by atoms with E-state index >= 15 is 0 Å². The van der Waals surface area contributed by atoms with Crippen molar-refractivity contribution in [3.63, 3.8) is 0 Å². The Kier molecular flexibility index (Phi) is 7.17. The minimum Gasteiger partial charge on any atom is -0.392 e. The summed E-state index contributed by atoms with van der Waals surface area (Å²) in [6.45, 7) is 2.78. The molecule has 0 aliphatic heterocycles. The molecule has 1 amide bonds.